The largest absolute Gasteiger partial charge is 0.396 e. The molecule has 0 aromatic heterocycles. The van der Waals surface area contributed by atoms with Crippen molar-refractivity contribution in [3.63, 3.8) is 0 Å². The molecule has 18 heavy (non-hydrogen) atoms. The van der Waals surface area contributed by atoms with Crippen LogP contribution in [0.5, 0.6) is 0 Å². The third-order valence-corrected chi connectivity index (χ3v) is 3.71. The van der Waals surface area contributed by atoms with Gasteiger partial charge < -0.3 is 15.3 Å². The van der Waals surface area contributed by atoms with Gasteiger partial charge in [-0.3, -0.25) is 0 Å². The molecular formula is C15H34N2O. The molecule has 0 rings (SSSR count). The Bertz CT molecular complexity index is 207. The van der Waals surface area contributed by atoms with Crippen molar-refractivity contribution < 1.29 is 5.11 Å². The number of aliphatic hydroxyl groups is 1. The van der Waals surface area contributed by atoms with Gasteiger partial charge in [0, 0.05) is 38.3 Å². The molecule has 0 aliphatic heterocycles. The molecule has 0 aliphatic carbocycles. The van der Waals surface area contributed by atoms with Crippen LogP contribution in [0.3, 0.4) is 0 Å². The first-order valence-electron chi connectivity index (χ1n) is 7.43. The van der Waals surface area contributed by atoms with Crippen LogP contribution in [-0.2, 0) is 0 Å². The second kappa shape index (κ2) is 8.89. The van der Waals surface area contributed by atoms with Crippen LogP contribution in [0.2, 0.25) is 0 Å². The summed E-state index contributed by atoms with van der Waals surface area (Å²) in [5, 5.41) is 12.6. The lowest BCUT2D eigenvalue weighted by Crippen LogP contribution is -2.46. The van der Waals surface area contributed by atoms with E-state index in [1.54, 1.807) is 0 Å². The summed E-state index contributed by atoms with van der Waals surface area (Å²) < 4.78 is 0. The number of hydrogen-bond donors (Lipinski definition) is 2. The zero-order chi connectivity index (χ0) is 14.2. The van der Waals surface area contributed by atoms with Gasteiger partial charge in [-0.25, -0.2) is 0 Å². The Balaban J connectivity index is 4.42. The van der Waals surface area contributed by atoms with Crippen LogP contribution in [0.4, 0.5) is 0 Å². The van der Waals surface area contributed by atoms with E-state index in [9.17, 15) is 0 Å². The highest BCUT2D eigenvalue weighted by Gasteiger charge is 2.26. The van der Waals surface area contributed by atoms with Gasteiger partial charge in [-0.15, -0.1) is 0 Å². The van der Waals surface area contributed by atoms with Crippen molar-refractivity contribution in [1.29, 1.82) is 0 Å². The van der Waals surface area contributed by atoms with Gasteiger partial charge in [0.15, 0.2) is 0 Å². The van der Waals surface area contributed by atoms with E-state index in [1.165, 1.54) is 6.42 Å². The lowest BCUT2D eigenvalue weighted by molar-refractivity contribution is 0.116. The van der Waals surface area contributed by atoms with E-state index in [0.717, 1.165) is 26.1 Å². The molecule has 0 saturated heterocycles. The molecule has 0 saturated carbocycles. The predicted molar refractivity (Wildman–Crippen MR) is 79.9 cm³/mol. The average molecular weight is 258 g/mol. The molecule has 0 aromatic carbocycles. The average Bonchev–Trinajstić information content (AvgIpc) is 2.31. The van der Waals surface area contributed by atoms with Crippen LogP contribution in [0.25, 0.3) is 0 Å². The molecule has 110 valence electrons. The standard InChI is InChI=1S/C15H34N2O/c1-7-15(6,11-16-13(2)3)12-17(14(4)5)9-8-10-18/h13-14,16,18H,7-12H2,1-6H3. The summed E-state index contributed by atoms with van der Waals surface area (Å²) in [5.41, 5.74) is 0.310. The Morgan fingerprint density at radius 3 is 2.22 bits per heavy atom. The first-order valence-corrected chi connectivity index (χ1v) is 7.43. The maximum Gasteiger partial charge on any atom is 0.0443 e. The van der Waals surface area contributed by atoms with Gasteiger partial charge in [-0.05, 0) is 32.1 Å². The second-order valence-electron chi connectivity index (χ2n) is 6.34. The van der Waals surface area contributed by atoms with E-state index in [1.807, 2.05) is 0 Å². The van der Waals surface area contributed by atoms with Gasteiger partial charge in [0.25, 0.3) is 0 Å². The van der Waals surface area contributed by atoms with Crippen LogP contribution < -0.4 is 5.32 Å². The second-order valence-corrected chi connectivity index (χ2v) is 6.34. The summed E-state index contributed by atoms with van der Waals surface area (Å²) >= 11 is 0. The van der Waals surface area contributed by atoms with Gasteiger partial charge in [0.1, 0.15) is 0 Å². The van der Waals surface area contributed by atoms with Crippen LogP contribution in [-0.4, -0.2) is 48.3 Å². The van der Waals surface area contributed by atoms with Crippen molar-refractivity contribution in [3.8, 4) is 0 Å². The van der Waals surface area contributed by atoms with Crippen molar-refractivity contribution >= 4 is 0 Å². The molecule has 0 fully saturated rings. The quantitative estimate of drug-likeness (QED) is 0.632. The summed E-state index contributed by atoms with van der Waals surface area (Å²) in [4.78, 5) is 2.49. The topological polar surface area (TPSA) is 35.5 Å². The fourth-order valence-electron chi connectivity index (χ4n) is 2.03. The molecule has 1 atom stereocenters. The lowest BCUT2D eigenvalue weighted by atomic mass is 9.86. The summed E-state index contributed by atoms with van der Waals surface area (Å²) in [6, 6.07) is 1.09. The Hall–Kier alpha value is -0.120. The Morgan fingerprint density at radius 1 is 1.22 bits per heavy atom. The smallest absolute Gasteiger partial charge is 0.0443 e. The van der Waals surface area contributed by atoms with E-state index in [-0.39, 0.29) is 6.61 Å². The number of rotatable bonds is 10. The number of nitrogens with zero attached hydrogens (tertiary/aromatic N) is 1. The zero-order valence-corrected chi connectivity index (χ0v) is 13.3. The van der Waals surface area contributed by atoms with Gasteiger partial charge in [0.05, 0.1) is 0 Å². The van der Waals surface area contributed by atoms with Crippen molar-refractivity contribution in [3.05, 3.63) is 0 Å². The van der Waals surface area contributed by atoms with Gasteiger partial charge in [0.2, 0.25) is 0 Å². The lowest BCUT2D eigenvalue weighted by Gasteiger charge is -2.37. The maximum absolute atomic E-state index is 8.99. The highest BCUT2D eigenvalue weighted by Crippen LogP contribution is 2.23. The fraction of sp³-hybridized carbons (Fsp3) is 1.00. The van der Waals surface area contributed by atoms with E-state index < -0.39 is 0 Å². The highest BCUT2D eigenvalue weighted by atomic mass is 16.3. The molecule has 2 N–H and O–H groups in total. The number of hydrogen-bond acceptors (Lipinski definition) is 3. The van der Waals surface area contributed by atoms with Crippen LogP contribution in [0.15, 0.2) is 0 Å². The molecule has 1 unspecified atom stereocenters. The van der Waals surface area contributed by atoms with E-state index in [0.29, 0.717) is 17.5 Å². The zero-order valence-electron chi connectivity index (χ0n) is 13.3. The molecule has 0 aliphatic rings. The molecular weight excluding hydrogens is 224 g/mol. The van der Waals surface area contributed by atoms with Crippen molar-refractivity contribution in [1.82, 2.24) is 10.2 Å². The molecule has 0 bridgehead atoms. The first kappa shape index (κ1) is 17.9. The third-order valence-electron chi connectivity index (χ3n) is 3.71. The molecule has 0 radical (unpaired) electrons. The minimum atomic E-state index is 0.288. The Labute approximate surface area is 114 Å². The minimum absolute atomic E-state index is 0.288. The monoisotopic (exact) mass is 258 g/mol. The number of aliphatic hydroxyl groups excluding tert-OH is 1. The minimum Gasteiger partial charge on any atom is -0.396 e. The van der Waals surface area contributed by atoms with Crippen LogP contribution in [0, 0.1) is 5.41 Å². The first-order chi connectivity index (χ1) is 8.34. The summed E-state index contributed by atoms with van der Waals surface area (Å²) in [6.07, 6.45) is 2.05. The summed E-state index contributed by atoms with van der Waals surface area (Å²) in [6.45, 7) is 16.9. The van der Waals surface area contributed by atoms with Crippen molar-refractivity contribution in [2.24, 2.45) is 5.41 Å². The van der Waals surface area contributed by atoms with Crippen LogP contribution >= 0.6 is 0 Å². The van der Waals surface area contributed by atoms with E-state index in [2.05, 4.69) is 51.8 Å². The number of nitrogens with one attached hydrogen (secondary N) is 1. The van der Waals surface area contributed by atoms with Gasteiger partial charge in [-0.1, -0.05) is 27.7 Å². The molecule has 0 amide bonds. The van der Waals surface area contributed by atoms with Crippen molar-refractivity contribution in [2.75, 3.05) is 26.2 Å². The maximum atomic E-state index is 8.99. The fourth-order valence-corrected chi connectivity index (χ4v) is 2.03. The Morgan fingerprint density at radius 2 is 1.83 bits per heavy atom. The van der Waals surface area contributed by atoms with Crippen molar-refractivity contribution in [2.45, 2.75) is 66.5 Å². The third kappa shape index (κ3) is 7.34. The summed E-state index contributed by atoms with van der Waals surface area (Å²) in [7, 11) is 0. The molecule has 3 nitrogen and oxygen atoms in total. The van der Waals surface area contributed by atoms with Crippen LogP contribution in [0.1, 0.15) is 54.4 Å². The van der Waals surface area contributed by atoms with E-state index >= 15 is 0 Å². The SMILES string of the molecule is CCC(C)(CNC(C)C)CN(CCCO)C(C)C. The summed E-state index contributed by atoms with van der Waals surface area (Å²) in [5.74, 6) is 0. The molecule has 0 heterocycles. The normalized spacial score (nSPS) is 15.7. The molecule has 3 heteroatoms. The van der Waals surface area contributed by atoms with E-state index in [4.69, 9.17) is 5.11 Å². The molecule has 0 spiro atoms. The highest BCUT2D eigenvalue weighted by molar-refractivity contribution is 4.81. The molecule has 0 aromatic rings. The Kier molecular flexibility index (Phi) is 8.83. The van der Waals surface area contributed by atoms with Gasteiger partial charge in [-0.2, -0.15) is 0 Å². The van der Waals surface area contributed by atoms with Gasteiger partial charge >= 0.3 is 0 Å². The predicted octanol–water partition coefficient (Wildman–Crippen LogP) is 2.49.